The van der Waals surface area contributed by atoms with Gasteiger partial charge in [0.1, 0.15) is 0 Å². The third-order valence-electron chi connectivity index (χ3n) is 9.11. The van der Waals surface area contributed by atoms with Crippen molar-refractivity contribution in [2.75, 3.05) is 19.8 Å². The minimum Gasteiger partial charge on any atom is -0.416 e. The maximum Gasteiger partial charge on any atom is 0.200 e. The Bertz CT molecular complexity index is 639. The van der Waals surface area contributed by atoms with Crippen LogP contribution in [0.25, 0.3) is 0 Å². The van der Waals surface area contributed by atoms with E-state index in [1.165, 1.54) is 12.0 Å². The van der Waals surface area contributed by atoms with E-state index in [0.29, 0.717) is 35.8 Å². The van der Waals surface area contributed by atoms with Gasteiger partial charge in [0.2, 0.25) is 0 Å². The fraction of sp³-hybridized carbons (Fsp3) is 0.846. The molecule has 30 heavy (non-hydrogen) atoms. The van der Waals surface area contributed by atoms with E-state index in [9.17, 15) is 0 Å². The summed E-state index contributed by atoms with van der Waals surface area (Å²) in [7, 11) is -1.86. The van der Waals surface area contributed by atoms with Crippen molar-refractivity contribution in [3.05, 3.63) is 24.3 Å². The van der Waals surface area contributed by atoms with E-state index in [2.05, 4.69) is 74.1 Å². The summed E-state index contributed by atoms with van der Waals surface area (Å²) in [6.07, 6.45) is 8.97. The van der Waals surface area contributed by atoms with Crippen LogP contribution >= 0.6 is 0 Å². The molecule has 0 aromatic rings. The van der Waals surface area contributed by atoms with Crippen molar-refractivity contribution in [1.29, 1.82) is 0 Å². The molecule has 2 fully saturated rings. The highest BCUT2D eigenvalue weighted by molar-refractivity contribution is 6.77. The Kier molecular flexibility index (Phi) is 6.86. The van der Waals surface area contributed by atoms with Crippen LogP contribution in [0, 0.1) is 16.7 Å². The molecule has 1 heterocycles. The predicted molar refractivity (Wildman–Crippen MR) is 128 cm³/mol. The molecule has 1 spiro atoms. The van der Waals surface area contributed by atoms with Crippen molar-refractivity contribution < 1.29 is 13.9 Å². The first-order chi connectivity index (χ1) is 14.0. The smallest absolute Gasteiger partial charge is 0.200 e. The van der Waals surface area contributed by atoms with Gasteiger partial charge in [0.15, 0.2) is 14.1 Å². The highest BCUT2D eigenvalue weighted by Crippen LogP contribution is 2.63. The van der Waals surface area contributed by atoms with Gasteiger partial charge in [-0.15, -0.1) is 0 Å². The largest absolute Gasteiger partial charge is 0.416 e. The summed E-state index contributed by atoms with van der Waals surface area (Å²) in [6, 6.07) is 0. The van der Waals surface area contributed by atoms with Crippen LogP contribution in [0.3, 0.4) is 0 Å². The van der Waals surface area contributed by atoms with Crippen molar-refractivity contribution in [3.63, 3.8) is 0 Å². The maximum absolute atomic E-state index is 6.97. The Labute approximate surface area is 186 Å². The number of allylic oxidation sites excluding steroid dienone is 2. The van der Waals surface area contributed by atoms with Gasteiger partial charge in [-0.1, -0.05) is 74.1 Å². The number of fused-ring (bicyclic) bond motifs is 2. The molecule has 4 heteroatoms. The minimum absolute atomic E-state index is 0.0112. The average Bonchev–Trinajstić information content (AvgIpc) is 3.13. The van der Waals surface area contributed by atoms with E-state index in [4.69, 9.17) is 13.9 Å². The van der Waals surface area contributed by atoms with Crippen LogP contribution in [-0.4, -0.2) is 33.9 Å². The topological polar surface area (TPSA) is 27.7 Å². The second-order valence-corrected chi connectivity index (χ2v) is 16.8. The van der Waals surface area contributed by atoms with Gasteiger partial charge in [0.05, 0.1) is 13.2 Å². The van der Waals surface area contributed by atoms with Crippen molar-refractivity contribution in [2.24, 2.45) is 16.7 Å². The zero-order valence-electron chi connectivity index (χ0n) is 20.8. The Hall–Kier alpha value is -0.423. The van der Waals surface area contributed by atoms with Gasteiger partial charge in [-0.25, -0.2) is 0 Å². The molecule has 0 unspecified atom stereocenters. The molecule has 1 aliphatic heterocycles. The monoisotopic (exact) mass is 434 g/mol. The predicted octanol–water partition coefficient (Wildman–Crippen LogP) is 7.25. The van der Waals surface area contributed by atoms with Crippen molar-refractivity contribution in [2.45, 2.75) is 103 Å². The number of rotatable bonds is 7. The fourth-order valence-corrected chi connectivity index (χ4v) is 12.9. The molecule has 3 atom stereocenters. The molecular formula is C26H46O3Si. The molecule has 0 aromatic heterocycles. The summed E-state index contributed by atoms with van der Waals surface area (Å²) >= 11 is 0. The Morgan fingerprint density at radius 2 is 1.63 bits per heavy atom. The second kappa shape index (κ2) is 8.50. The summed E-state index contributed by atoms with van der Waals surface area (Å²) in [5.74, 6) is 0.00724. The molecular weight excluding hydrogens is 388 g/mol. The molecule has 2 aliphatic carbocycles. The van der Waals surface area contributed by atoms with E-state index in [0.717, 1.165) is 25.9 Å². The van der Waals surface area contributed by atoms with Crippen LogP contribution in [0.1, 0.15) is 81.1 Å². The lowest BCUT2D eigenvalue weighted by Gasteiger charge is -2.59. The molecule has 1 saturated carbocycles. The first-order valence-corrected chi connectivity index (χ1v) is 14.4. The van der Waals surface area contributed by atoms with Crippen LogP contribution < -0.4 is 0 Å². The molecule has 172 valence electrons. The molecule has 0 N–H and O–H groups in total. The Morgan fingerprint density at radius 3 is 2.17 bits per heavy atom. The highest BCUT2D eigenvalue weighted by Gasteiger charge is 2.62. The van der Waals surface area contributed by atoms with Crippen LogP contribution in [0.5, 0.6) is 0 Å². The second-order valence-electron chi connectivity index (χ2n) is 11.4. The number of hydrogen-bond donors (Lipinski definition) is 0. The third kappa shape index (κ3) is 3.50. The lowest BCUT2D eigenvalue weighted by molar-refractivity contribution is -0.263. The number of ether oxygens (including phenoxy) is 2. The molecule has 0 radical (unpaired) electrons. The van der Waals surface area contributed by atoms with Crippen LogP contribution in [0.15, 0.2) is 24.3 Å². The van der Waals surface area contributed by atoms with Crippen molar-refractivity contribution in [3.8, 4) is 0 Å². The summed E-state index contributed by atoms with van der Waals surface area (Å²) in [6.45, 7) is 25.7. The standard InChI is InChI=1S/C26H46O3Si/c1-19(2)30(20(3)4,21(5)6)29-16-15-24(8)22(7)12-14-25(9)23(24)11-10-13-26(25)27-17-18-28-26/h12,14,19-21,23H,7,10-11,13,15-18H2,1-6,8-9H3/t23-,24+,25-/m1/s1. The summed E-state index contributed by atoms with van der Waals surface area (Å²) in [4.78, 5) is 0. The third-order valence-corrected chi connectivity index (χ3v) is 15.2. The van der Waals surface area contributed by atoms with Gasteiger partial charge >= 0.3 is 0 Å². The van der Waals surface area contributed by atoms with Crippen molar-refractivity contribution in [1.82, 2.24) is 0 Å². The van der Waals surface area contributed by atoms with E-state index in [1.807, 2.05) is 0 Å². The van der Waals surface area contributed by atoms with E-state index < -0.39 is 14.1 Å². The Morgan fingerprint density at radius 1 is 1.07 bits per heavy atom. The average molecular weight is 435 g/mol. The maximum atomic E-state index is 6.97. The SMILES string of the molecule is C=C1C=C[C@]2(C)[C@H](CCCC23OCCO3)[C@@]1(C)CCO[Si](C(C)C)(C(C)C)C(C)C. The minimum atomic E-state index is -1.86. The van der Waals surface area contributed by atoms with Crippen LogP contribution in [0.4, 0.5) is 0 Å². The summed E-state index contributed by atoms with van der Waals surface area (Å²) in [5.41, 5.74) is 2.99. The van der Waals surface area contributed by atoms with Gasteiger partial charge in [-0.2, -0.15) is 0 Å². The van der Waals surface area contributed by atoms with Gasteiger partial charge in [-0.3, -0.25) is 0 Å². The summed E-state index contributed by atoms with van der Waals surface area (Å²) in [5, 5.41) is 0. The summed E-state index contributed by atoms with van der Waals surface area (Å²) < 4.78 is 19.6. The highest BCUT2D eigenvalue weighted by atomic mass is 28.4. The molecule has 3 aliphatic rings. The molecule has 3 nitrogen and oxygen atoms in total. The molecule has 0 bridgehead atoms. The molecule has 0 amide bonds. The van der Waals surface area contributed by atoms with E-state index in [1.54, 1.807) is 0 Å². The van der Waals surface area contributed by atoms with Gasteiger partial charge in [-0.05, 0) is 52.8 Å². The first-order valence-electron chi connectivity index (χ1n) is 12.3. The van der Waals surface area contributed by atoms with Gasteiger partial charge in [0, 0.05) is 18.4 Å². The molecule has 0 aromatic carbocycles. The van der Waals surface area contributed by atoms with Crippen molar-refractivity contribution >= 4 is 8.32 Å². The normalized spacial score (nSPS) is 33.8. The van der Waals surface area contributed by atoms with Gasteiger partial charge in [0.25, 0.3) is 0 Å². The fourth-order valence-electron chi connectivity index (χ4n) is 7.47. The molecule has 1 saturated heterocycles. The molecule has 3 rings (SSSR count). The quantitative estimate of drug-likeness (QED) is 0.395. The zero-order chi connectivity index (χ0) is 22.4. The van der Waals surface area contributed by atoms with E-state index in [-0.39, 0.29) is 10.8 Å². The van der Waals surface area contributed by atoms with Crippen LogP contribution in [0.2, 0.25) is 16.6 Å². The van der Waals surface area contributed by atoms with Crippen LogP contribution in [-0.2, 0) is 13.9 Å². The first kappa shape index (κ1) is 24.2. The Balaban J connectivity index is 1.85. The zero-order valence-corrected chi connectivity index (χ0v) is 21.8. The van der Waals surface area contributed by atoms with Gasteiger partial charge < -0.3 is 13.9 Å². The lowest BCUT2D eigenvalue weighted by Crippen LogP contribution is -2.59. The number of hydrogen-bond acceptors (Lipinski definition) is 3. The van der Waals surface area contributed by atoms with E-state index >= 15 is 0 Å². The lowest BCUT2D eigenvalue weighted by atomic mass is 9.49.